The molecule has 0 bridgehead atoms. The average molecular weight is 237 g/mol. The van der Waals surface area contributed by atoms with Crippen molar-refractivity contribution in [2.45, 2.75) is 45.6 Å². The van der Waals surface area contributed by atoms with Gasteiger partial charge < -0.3 is 4.74 Å². The van der Waals surface area contributed by atoms with Crippen LogP contribution in [0.25, 0.3) is 0 Å². The molecule has 0 N–H and O–H groups in total. The molecular weight excluding hydrogens is 220 g/mol. The minimum absolute atomic E-state index is 0.120. The van der Waals surface area contributed by atoms with Gasteiger partial charge in [-0.1, -0.05) is 42.6 Å². The van der Waals surface area contributed by atoms with E-state index in [0.29, 0.717) is 5.33 Å². The molecule has 0 aromatic heterocycles. The summed E-state index contributed by atoms with van der Waals surface area (Å²) in [5.74, 6) is -0.155. The molecule has 0 fully saturated rings. The summed E-state index contributed by atoms with van der Waals surface area (Å²) in [6.45, 7) is 4.18. The van der Waals surface area contributed by atoms with Crippen LogP contribution in [0.3, 0.4) is 0 Å². The molecule has 1 unspecified atom stereocenters. The number of esters is 1. The summed E-state index contributed by atoms with van der Waals surface area (Å²) in [6.07, 6.45) is 4.32. The number of halogens is 1. The highest BCUT2D eigenvalue weighted by molar-refractivity contribution is 9.09. The second-order valence-electron chi connectivity index (χ2n) is 2.80. The van der Waals surface area contributed by atoms with Crippen molar-refractivity contribution in [1.82, 2.24) is 0 Å². The molecule has 72 valence electrons. The van der Waals surface area contributed by atoms with Crippen molar-refractivity contribution in [3.63, 3.8) is 0 Å². The van der Waals surface area contributed by atoms with Gasteiger partial charge in [-0.05, 0) is 12.8 Å². The number of ether oxygens (including phenoxy) is 1. The zero-order valence-electron chi connectivity index (χ0n) is 7.81. The smallest absolute Gasteiger partial charge is 0.316 e. The summed E-state index contributed by atoms with van der Waals surface area (Å²) >= 11 is 3.07. The summed E-state index contributed by atoms with van der Waals surface area (Å²) in [4.78, 5) is 10.9. The average Bonchev–Trinajstić information content (AvgIpc) is 2.11. The Bertz CT molecular complexity index is 126. The standard InChI is InChI=1S/C9H17BrO2/c1-3-5-6-8(4-2)12-9(11)7-10/h8H,3-7H2,1-2H3. The van der Waals surface area contributed by atoms with Gasteiger partial charge in [0.15, 0.2) is 0 Å². The summed E-state index contributed by atoms with van der Waals surface area (Å²) in [5.41, 5.74) is 0. The van der Waals surface area contributed by atoms with Gasteiger partial charge in [-0.25, -0.2) is 0 Å². The van der Waals surface area contributed by atoms with E-state index in [9.17, 15) is 4.79 Å². The fourth-order valence-electron chi connectivity index (χ4n) is 0.996. The van der Waals surface area contributed by atoms with Crippen LogP contribution in [0.15, 0.2) is 0 Å². The Hall–Kier alpha value is -0.0500. The van der Waals surface area contributed by atoms with E-state index >= 15 is 0 Å². The SMILES string of the molecule is CCCCC(CC)OC(=O)CBr. The second kappa shape index (κ2) is 7.59. The van der Waals surface area contributed by atoms with Gasteiger partial charge in [0.1, 0.15) is 11.4 Å². The quantitative estimate of drug-likeness (QED) is 0.524. The summed E-state index contributed by atoms with van der Waals surface area (Å²) < 4.78 is 5.17. The van der Waals surface area contributed by atoms with Crippen molar-refractivity contribution >= 4 is 21.9 Å². The number of carbonyl (C=O) groups is 1. The first kappa shape index (κ1) is 11.9. The lowest BCUT2D eigenvalue weighted by atomic mass is 10.1. The Morgan fingerprint density at radius 2 is 2.17 bits per heavy atom. The molecule has 0 aromatic carbocycles. The van der Waals surface area contributed by atoms with Crippen LogP contribution >= 0.6 is 15.9 Å². The fourth-order valence-corrected chi connectivity index (χ4v) is 1.13. The molecule has 1 atom stereocenters. The molecule has 3 heteroatoms. The van der Waals surface area contributed by atoms with E-state index in [1.165, 1.54) is 0 Å². The molecule has 12 heavy (non-hydrogen) atoms. The van der Waals surface area contributed by atoms with Gasteiger partial charge in [-0.15, -0.1) is 0 Å². The number of unbranched alkanes of at least 4 members (excludes halogenated alkanes) is 1. The van der Waals surface area contributed by atoms with E-state index in [2.05, 4.69) is 22.9 Å². The highest BCUT2D eigenvalue weighted by Crippen LogP contribution is 2.09. The first-order valence-electron chi connectivity index (χ1n) is 4.50. The molecule has 0 aliphatic carbocycles. The zero-order valence-corrected chi connectivity index (χ0v) is 9.39. The third-order valence-electron chi connectivity index (χ3n) is 1.74. The van der Waals surface area contributed by atoms with Crippen LogP contribution in [0.1, 0.15) is 39.5 Å². The summed E-state index contributed by atoms with van der Waals surface area (Å²) in [7, 11) is 0. The van der Waals surface area contributed by atoms with Crippen molar-refractivity contribution in [1.29, 1.82) is 0 Å². The maximum atomic E-state index is 10.9. The van der Waals surface area contributed by atoms with E-state index in [1.807, 2.05) is 6.92 Å². The van der Waals surface area contributed by atoms with Crippen molar-refractivity contribution in [2.75, 3.05) is 5.33 Å². The largest absolute Gasteiger partial charge is 0.462 e. The number of rotatable bonds is 6. The van der Waals surface area contributed by atoms with Gasteiger partial charge in [0.2, 0.25) is 0 Å². The summed E-state index contributed by atoms with van der Waals surface area (Å²) in [6, 6.07) is 0. The number of carbonyl (C=O) groups excluding carboxylic acids is 1. The minimum Gasteiger partial charge on any atom is -0.462 e. The molecule has 0 saturated heterocycles. The van der Waals surface area contributed by atoms with Crippen molar-refractivity contribution in [2.24, 2.45) is 0 Å². The Morgan fingerprint density at radius 3 is 2.58 bits per heavy atom. The highest BCUT2D eigenvalue weighted by Gasteiger charge is 2.10. The molecule has 0 heterocycles. The molecule has 0 amide bonds. The lowest BCUT2D eigenvalue weighted by molar-refractivity contribution is -0.146. The van der Waals surface area contributed by atoms with Crippen LogP contribution in [0.4, 0.5) is 0 Å². The molecule has 0 aromatic rings. The normalized spacial score (nSPS) is 12.6. The van der Waals surface area contributed by atoms with Crippen LogP contribution in [-0.2, 0) is 9.53 Å². The van der Waals surface area contributed by atoms with E-state index in [0.717, 1.165) is 25.7 Å². The number of alkyl halides is 1. The maximum absolute atomic E-state index is 10.9. The molecule has 2 nitrogen and oxygen atoms in total. The van der Waals surface area contributed by atoms with Crippen LogP contribution in [0.5, 0.6) is 0 Å². The predicted molar refractivity (Wildman–Crippen MR) is 53.5 cm³/mol. The Morgan fingerprint density at radius 1 is 1.50 bits per heavy atom. The van der Waals surface area contributed by atoms with Gasteiger partial charge in [-0.3, -0.25) is 4.79 Å². The van der Waals surface area contributed by atoms with E-state index in [-0.39, 0.29) is 12.1 Å². The molecular formula is C9H17BrO2. The molecule has 0 aliphatic heterocycles. The van der Waals surface area contributed by atoms with E-state index < -0.39 is 0 Å². The van der Waals surface area contributed by atoms with Crippen molar-refractivity contribution in [3.05, 3.63) is 0 Å². The molecule has 0 radical (unpaired) electrons. The van der Waals surface area contributed by atoms with Gasteiger partial charge in [-0.2, -0.15) is 0 Å². The fraction of sp³-hybridized carbons (Fsp3) is 0.889. The van der Waals surface area contributed by atoms with Crippen LogP contribution in [-0.4, -0.2) is 17.4 Å². The van der Waals surface area contributed by atoms with Crippen LogP contribution in [0.2, 0.25) is 0 Å². The van der Waals surface area contributed by atoms with Gasteiger partial charge >= 0.3 is 5.97 Å². The van der Waals surface area contributed by atoms with E-state index in [4.69, 9.17) is 4.74 Å². The monoisotopic (exact) mass is 236 g/mol. The lowest BCUT2D eigenvalue weighted by Crippen LogP contribution is -2.17. The highest BCUT2D eigenvalue weighted by atomic mass is 79.9. The molecule has 0 rings (SSSR count). The van der Waals surface area contributed by atoms with Crippen molar-refractivity contribution in [3.8, 4) is 0 Å². The number of hydrogen-bond acceptors (Lipinski definition) is 2. The molecule has 0 spiro atoms. The lowest BCUT2D eigenvalue weighted by Gasteiger charge is -2.14. The molecule has 0 saturated carbocycles. The van der Waals surface area contributed by atoms with Gasteiger partial charge in [0.25, 0.3) is 0 Å². The van der Waals surface area contributed by atoms with Crippen molar-refractivity contribution < 1.29 is 9.53 Å². The zero-order chi connectivity index (χ0) is 9.40. The minimum atomic E-state index is -0.155. The van der Waals surface area contributed by atoms with Gasteiger partial charge in [0, 0.05) is 0 Å². The van der Waals surface area contributed by atoms with Crippen LogP contribution < -0.4 is 0 Å². The second-order valence-corrected chi connectivity index (χ2v) is 3.36. The topological polar surface area (TPSA) is 26.3 Å². The van der Waals surface area contributed by atoms with Crippen LogP contribution in [0, 0.1) is 0 Å². The maximum Gasteiger partial charge on any atom is 0.316 e. The Kier molecular flexibility index (Phi) is 7.56. The summed E-state index contributed by atoms with van der Waals surface area (Å²) in [5, 5.41) is 0.301. The first-order valence-corrected chi connectivity index (χ1v) is 5.62. The predicted octanol–water partition coefficient (Wildman–Crippen LogP) is 2.89. The third-order valence-corrected chi connectivity index (χ3v) is 2.20. The van der Waals surface area contributed by atoms with E-state index in [1.54, 1.807) is 0 Å². The van der Waals surface area contributed by atoms with Gasteiger partial charge in [0.05, 0.1) is 0 Å². The molecule has 0 aliphatic rings. The Labute approximate surface area is 82.8 Å². The number of hydrogen-bond donors (Lipinski definition) is 0. The first-order chi connectivity index (χ1) is 5.74. The Balaban J connectivity index is 3.59. The third kappa shape index (κ3) is 5.58.